The van der Waals surface area contributed by atoms with Crippen LogP contribution < -0.4 is 10.6 Å². The number of rotatable bonds is 1. The molecule has 0 saturated carbocycles. The van der Waals surface area contributed by atoms with E-state index in [1.54, 1.807) is 30.6 Å². The molecule has 6 nitrogen and oxygen atoms in total. The maximum atomic E-state index is 11.8. The van der Waals surface area contributed by atoms with Crippen molar-refractivity contribution in [1.82, 2.24) is 20.5 Å². The van der Waals surface area contributed by atoms with E-state index in [4.69, 9.17) is 0 Å². The maximum Gasteiger partial charge on any atom is 0.256 e. The summed E-state index contributed by atoms with van der Waals surface area (Å²) >= 11 is 0. The third-order valence-electron chi connectivity index (χ3n) is 2.44. The number of nitrogens with zero attached hydrogens (tertiary/aromatic N) is 2. The smallest absolute Gasteiger partial charge is 0.256 e. The van der Waals surface area contributed by atoms with Crippen molar-refractivity contribution in [2.75, 3.05) is 5.32 Å². The highest BCUT2D eigenvalue weighted by Crippen LogP contribution is 2.22. The quantitative estimate of drug-likeness (QED) is 0.652. The van der Waals surface area contributed by atoms with Crippen molar-refractivity contribution in [2.24, 2.45) is 0 Å². The lowest BCUT2D eigenvalue weighted by atomic mass is 10.1. The van der Waals surface area contributed by atoms with Crippen LogP contribution >= 0.6 is 0 Å². The summed E-state index contributed by atoms with van der Waals surface area (Å²) < 4.78 is 0. The van der Waals surface area contributed by atoms with Gasteiger partial charge in [0.05, 0.1) is 11.3 Å². The first-order valence-electron chi connectivity index (χ1n) is 4.86. The molecule has 0 aromatic carbocycles. The number of aromatic nitrogens is 3. The summed E-state index contributed by atoms with van der Waals surface area (Å²) in [5.41, 5.74) is 1.35. The zero-order valence-electron chi connectivity index (χ0n) is 8.27. The Labute approximate surface area is 91.1 Å². The van der Waals surface area contributed by atoms with Crippen molar-refractivity contribution in [3.05, 3.63) is 41.9 Å². The molecule has 0 aliphatic carbocycles. The van der Waals surface area contributed by atoms with Gasteiger partial charge in [0, 0.05) is 12.4 Å². The Balaban J connectivity index is 1.98. The number of carbonyl (C=O) groups excluding carboxylic acids is 1. The largest absolute Gasteiger partial charge is 0.344 e. The summed E-state index contributed by atoms with van der Waals surface area (Å²) in [6.07, 6.45) is 2.98. The first-order chi connectivity index (χ1) is 7.84. The fourth-order valence-corrected chi connectivity index (χ4v) is 1.67. The van der Waals surface area contributed by atoms with Crippen LogP contribution in [0.2, 0.25) is 0 Å². The molecule has 0 spiro atoms. The molecule has 0 radical (unpaired) electrons. The lowest BCUT2D eigenvalue weighted by Crippen LogP contribution is -2.39. The standard InChI is InChI=1S/C10H9N5O/c16-10-6-2-1-4-11-8(6)13-9(14-10)7-3-5-12-15-7/h1-5,9H,(H,11,13)(H,12,15)(H,14,16)/t9-/m1/s1. The molecule has 0 bridgehead atoms. The second kappa shape index (κ2) is 3.34. The first-order valence-corrected chi connectivity index (χ1v) is 4.86. The predicted octanol–water partition coefficient (Wildman–Crippen LogP) is 0.659. The van der Waals surface area contributed by atoms with Gasteiger partial charge in [0.15, 0.2) is 0 Å². The molecule has 3 rings (SSSR count). The van der Waals surface area contributed by atoms with Gasteiger partial charge in [-0.2, -0.15) is 5.10 Å². The number of H-pyrrole nitrogens is 1. The van der Waals surface area contributed by atoms with Crippen molar-refractivity contribution in [3.8, 4) is 0 Å². The molecule has 0 saturated heterocycles. The summed E-state index contributed by atoms with van der Waals surface area (Å²) in [6.45, 7) is 0. The average Bonchev–Trinajstić information content (AvgIpc) is 2.82. The highest BCUT2D eigenvalue weighted by atomic mass is 16.2. The molecule has 1 aliphatic heterocycles. The van der Waals surface area contributed by atoms with Crippen LogP contribution in [0.5, 0.6) is 0 Å². The fourth-order valence-electron chi connectivity index (χ4n) is 1.67. The monoisotopic (exact) mass is 215 g/mol. The Hall–Kier alpha value is -2.37. The number of amides is 1. The molecule has 1 amide bonds. The van der Waals surface area contributed by atoms with Crippen molar-refractivity contribution < 1.29 is 4.79 Å². The number of hydrogen-bond acceptors (Lipinski definition) is 4. The van der Waals surface area contributed by atoms with Gasteiger partial charge in [-0.05, 0) is 18.2 Å². The van der Waals surface area contributed by atoms with Gasteiger partial charge in [-0.25, -0.2) is 4.98 Å². The van der Waals surface area contributed by atoms with Gasteiger partial charge in [0.2, 0.25) is 0 Å². The Kier molecular flexibility index (Phi) is 1.86. The van der Waals surface area contributed by atoms with E-state index in [1.807, 2.05) is 0 Å². The Morgan fingerprint density at radius 3 is 2.94 bits per heavy atom. The number of hydrogen-bond donors (Lipinski definition) is 3. The van der Waals surface area contributed by atoms with Gasteiger partial charge < -0.3 is 10.6 Å². The van der Waals surface area contributed by atoms with Gasteiger partial charge in [-0.3, -0.25) is 9.89 Å². The van der Waals surface area contributed by atoms with E-state index in [2.05, 4.69) is 25.8 Å². The van der Waals surface area contributed by atoms with Crippen LogP contribution in [-0.2, 0) is 0 Å². The van der Waals surface area contributed by atoms with Crippen molar-refractivity contribution in [3.63, 3.8) is 0 Å². The number of fused-ring (bicyclic) bond motifs is 1. The van der Waals surface area contributed by atoms with Crippen molar-refractivity contribution >= 4 is 11.7 Å². The molecule has 16 heavy (non-hydrogen) atoms. The van der Waals surface area contributed by atoms with Crippen LogP contribution in [0.1, 0.15) is 22.2 Å². The summed E-state index contributed by atoms with van der Waals surface area (Å²) in [7, 11) is 0. The van der Waals surface area contributed by atoms with Crippen LogP contribution in [0.25, 0.3) is 0 Å². The van der Waals surface area contributed by atoms with Gasteiger partial charge >= 0.3 is 0 Å². The summed E-state index contributed by atoms with van der Waals surface area (Å²) in [5.74, 6) is 0.451. The second-order valence-corrected chi connectivity index (χ2v) is 3.46. The predicted molar refractivity (Wildman–Crippen MR) is 56.7 cm³/mol. The minimum atomic E-state index is -0.308. The van der Waals surface area contributed by atoms with E-state index >= 15 is 0 Å². The molecule has 1 atom stereocenters. The lowest BCUT2D eigenvalue weighted by Gasteiger charge is -2.25. The zero-order chi connectivity index (χ0) is 11.0. The first kappa shape index (κ1) is 8.90. The Morgan fingerprint density at radius 2 is 2.12 bits per heavy atom. The second-order valence-electron chi connectivity index (χ2n) is 3.46. The van der Waals surface area contributed by atoms with Gasteiger partial charge in [0.1, 0.15) is 12.0 Å². The van der Waals surface area contributed by atoms with E-state index < -0.39 is 0 Å². The van der Waals surface area contributed by atoms with Crippen molar-refractivity contribution in [2.45, 2.75) is 6.17 Å². The minimum absolute atomic E-state index is 0.138. The molecule has 80 valence electrons. The highest BCUT2D eigenvalue weighted by molar-refractivity contribution is 6.00. The van der Waals surface area contributed by atoms with Crippen LogP contribution in [0.15, 0.2) is 30.6 Å². The molecule has 3 N–H and O–H groups in total. The molecule has 2 aromatic heterocycles. The molecule has 0 fully saturated rings. The number of aromatic amines is 1. The molecule has 6 heteroatoms. The molecular weight excluding hydrogens is 206 g/mol. The fraction of sp³-hybridized carbons (Fsp3) is 0.100. The third-order valence-corrected chi connectivity index (χ3v) is 2.44. The topological polar surface area (TPSA) is 82.7 Å². The van der Waals surface area contributed by atoms with Gasteiger partial charge in [-0.15, -0.1) is 0 Å². The van der Waals surface area contributed by atoms with E-state index in [1.165, 1.54) is 0 Å². The number of anilines is 1. The Bertz CT molecular complexity index is 522. The lowest BCUT2D eigenvalue weighted by molar-refractivity contribution is 0.0934. The summed E-state index contributed by atoms with van der Waals surface area (Å²) in [6, 6.07) is 5.26. The highest BCUT2D eigenvalue weighted by Gasteiger charge is 2.25. The van der Waals surface area contributed by atoms with E-state index in [-0.39, 0.29) is 12.1 Å². The summed E-state index contributed by atoms with van der Waals surface area (Å²) in [5, 5.41) is 12.6. The normalized spacial score (nSPS) is 18.5. The van der Waals surface area contributed by atoms with E-state index in [0.717, 1.165) is 5.69 Å². The molecule has 2 aromatic rings. The van der Waals surface area contributed by atoms with E-state index in [9.17, 15) is 4.79 Å². The Morgan fingerprint density at radius 1 is 1.19 bits per heavy atom. The van der Waals surface area contributed by atoms with Crippen LogP contribution in [0.3, 0.4) is 0 Å². The van der Waals surface area contributed by atoms with Crippen molar-refractivity contribution in [1.29, 1.82) is 0 Å². The zero-order valence-corrected chi connectivity index (χ0v) is 8.27. The SMILES string of the molecule is O=C1N[C@H](c2ccn[nH]2)Nc2ncccc21. The van der Waals surface area contributed by atoms with E-state index in [0.29, 0.717) is 11.4 Å². The minimum Gasteiger partial charge on any atom is -0.344 e. The van der Waals surface area contributed by atoms with Crippen LogP contribution in [-0.4, -0.2) is 21.1 Å². The molecule has 1 aliphatic rings. The van der Waals surface area contributed by atoms with Crippen LogP contribution in [0, 0.1) is 0 Å². The molecule has 0 unspecified atom stereocenters. The molecule has 3 heterocycles. The number of pyridine rings is 1. The molecular formula is C10H9N5O. The summed E-state index contributed by atoms with van der Waals surface area (Å²) in [4.78, 5) is 15.9. The average molecular weight is 215 g/mol. The van der Waals surface area contributed by atoms with Crippen LogP contribution in [0.4, 0.5) is 5.82 Å². The van der Waals surface area contributed by atoms with Gasteiger partial charge in [0.25, 0.3) is 5.91 Å². The third kappa shape index (κ3) is 1.31. The number of carbonyl (C=O) groups is 1. The number of nitrogens with one attached hydrogen (secondary N) is 3. The van der Waals surface area contributed by atoms with Gasteiger partial charge in [-0.1, -0.05) is 0 Å². The maximum absolute atomic E-state index is 11.8.